The first-order valence-electron chi connectivity index (χ1n) is 4.53. The number of phenolic OH excluding ortho intramolecular Hbond substituents is 1. The topological polar surface area (TPSA) is 46.2 Å². The van der Waals surface area contributed by atoms with E-state index < -0.39 is 0 Å². The molecule has 0 spiro atoms. The maximum absolute atomic E-state index is 9.58. The van der Waals surface area contributed by atoms with Crippen LogP contribution in [0.25, 0.3) is 0 Å². The molecule has 0 radical (unpaired) electrons. The van der Waals surface area contributed by atoms with Crippen LogP contribution >= 0.6 is 15.9 Å². The van der Waals surface area contributed by atoms with E-state index in [0.717, 1.165) is 21.2 Å². The Hall–Kier alpha value is -0.540. The van der Waals surface area contributed by atoms with Gasteiger partial charge in [0.1, 0.15) is 5.75 Å². The van der Waals surface area contributed by atoms with E-state index >= 15 is 0 Å². The molecule has 0 aromatic heterocycles. The Kier molecular flexibility index (Phi) is 2.93. The van der Waals surface area contributed by atoms with Crippen molar-refractivity contribution in [1.82, 2.24) is 0 Å². The molecule has 2 nitrogen and oxygen atoms in total. The number of aryl methyl sites for hydroxylation is 1. The molecule has 0 aliphatic rings. The van der Waals surface area contributed by atoms with Gasteiger partial charge in [-0.15, -0.1) is 0 Å². The number of rotatable bonds is 1. The van der Waals surface area contributed by atoms with Gasteiger partial charge in [0.05, 0.1) is 4.47 Å². The minimum atomic E-state index is -0.385. The summed E-state index contributed by atoms with van der Waals surface area (Å²) in [6, 6.07) is 1.74. The van der Waals surface area contributed by atoms with E-state index in [1.165, 1.54) is 0 Å². The molecule has 1 aromatic rings. The van der Waals surface area contributed by atoms with Gasteiger partial charge in [0.15, 0.2) is 0 Å². The van der Waals surface area contributed by atoms with E-state index in [2.05, 4.69) is 15.9 Å². The Bertz CT molecular complexity index is 367. The SMILES string of the molecule is Cc1cc(O)c(Br)c(C)c1C(C)(C)N. The highest BCUT2D eigenvalue weighted by Gasteiger charge is 2.21. The standard InChI is InChI=1S/C11H16BrNO/c1-6-5-8(14)10(12)7(2)9(6)11(3,4)13/h5,14H,13H2,1-4H3. The van der Waals surface area contributed by atoms with Crippen molar-refractivity contribution >= 4 is 15.9 Å². The fourth-order valence-electron chi connectivity index (χ4n) is 1.93. The molecular formula is C11H16BrNO. The smallest absolute Gasteiger partial charge is 0.130 e. The Morgan fingerprint density at radius 1 is 1.36 bits per heavy atom. The van der Waals surface area contributed by atoms with Gasteiger partial charge in [-0.1, -0.05) is 0 Å². The zero-order valence-electron chi connectivity index (χ0n) is 8.98. The quantitative estimate of drug-likeness (QED) is 0.813. The molecule has 0 atom stereocenters. The van der Waals surface area contributed by atoms with Crippen LogP contribution in [0.15, 0.2) is 10.5 Å². The number of nitrogens with two attached hydrogens (primary N) is 1. The van der Waals surface area contributed by atoms with Gasteiger partial charge in [0.2, 0.25) is 0 Å². The van der Waals surface area contributed by atoms with Crippen molar-refractivity contribution in [3.8, 4) is 5.75 Å². The van der Waals surface area contributed by atoms with Crippen molar-refractivity contribution in [3.63, 3.8) is 0 Å². The fraction of sp³-hybridized carbons (Fsp3) is 0.455. The van der Waals surface area contributed by atoms with Gasteiger partial charge >= 0.3 is 0 Å². The van der Waals surface area contributed by atoms with Crippen molar-refractivity contribution in [3.05, 3.63) is 27.2 Å². The van der Waals surface area contributed by atoms with Crippen molar-refractivity contribution in [2.75, 3.05) is 0 Å². The van der Waals surface area contributed by atoms with Crippen LogP contribution in [0.5, 0.6) is 5.75 Å². The Morgan fingerprint density at radius 3 is 2.29 bits per heavy atom. The molecule has 0 aliphatic carbocycles. The highest BCUT2D eigenvalue weighted by molar-refractivity contribution is 9.10. The molecule has 0 amide bonds. The van der Waals surface area contributed by atoms with E-state index in [0.29, 0.717) is 0 Å². The molecule has 0 fully saturated rings. The molecule has 0 bridgehead atoms. The largest absolute Gasteiger partial charge is 0.507 e. The molecule has 0 heterocycles. The van der Waals surface area contributed by atoms with Crippen LogP contribution in [-0.2, 0) is 5.54 Å². The molecule has 0 aliphatic heterocycles. The maximum atomic E-state index is 9.58. The number of hydrogen-bond acceptors (Lipinski definition) is 2. The van der Waals surface area contributed by atoms with E-state index in [4.69, 9.17) is 5.73 Å². The first-order chi connectivity index (χ1) is 6.25. The van der Waals surface area contributed by atoms with Gasteiger partial charge in [0.25, 0.3) is 0 Å². The molecule has 0 saturated carbocycles. The highest BCUT2D eigenvalue weighted by Crippen LogP contribution is 2.36. The van der Waals surface area contributed by atoms with E-state index in [9.17, 15) is 5.11 Å². The molecule has 3 N–H and O–H groups in total. The van der Waals surface area contributed by atoms with Crippen molar-refractivity contribution < 1.29 is 5.11 Å². The van der Waals surface area contributed by atoms with Crippen LogP contribution < -0.4 is 5.73 Å². The molecular weight excluding hydrogens is 242 g/mol. The molecule has 0 saturated heterocycles. The average molecular weight is 258 g/mol. The van der Waals surface area contributed by atoms with E-state index in [-0.39, 0.29) is 11.3 Å². The van der Waals surface area contributed by atoms with Gasteiger partial charge in [-0.3, -0.25) is 0 Å². The molecule has 78 valence electrons. The second kappa shape index (κ2) is 3.55. The zero-order valence-corrected chi connectivity index (χ0v) is 10.6. The Morgan fingerprint density at radius 2 is 1.86 bits per heavy atom. The molecule has 0 unspecified atom stereocenters. The lowest BCUT2D eigenvalue weighted by Gasteiger charge is -2.25. The van der Waals surface area contributed by atoms with Crippen LogP contribution in [0.2, 0.25) is 0 Å². The number of hydrogen-bond donors (Lipinski definition) is 2. The zero-order chi connectivity index (χ0) is 11.1. The van der Waals surface area contributed by atoms with E-state index in [1.807, 2.05) is 27.7 Å². The van der Waals surface area contributed by atoms with Crippen LogP contribution in [0.3, 0.4) is 0 Å². The van der Waals surface area contributed by atoms with Crippen LogP contribution in [0.1, 0.15) is 30.5 Å². The minimum absolute atomic E-state index is 0.271. The summed E-state index contributed by atoms with van der Waals surface area (Å²) in [7, 11) is 0. The third-order valence-electron chi connectivity index (χ3n) is 2.32. The molecule has 14 heavy (non-hydrogen) atoms. The lowest BCUT2D eigenvalue weighted by Crippen LogP contribution is -2.30. The normalized spacial score (nSPS) is 11.9. The summed E-state index contributed by atoms with van der Waals surface area (Å²) in [5.41, 5.74) is 8.81. The second-order valence-corrected chi connectivity index (χ2v) is 5.04. The fourth-order valence-corrected chi connectivity index (χ4v) is 2.24. The van der Waals surface area contributed by atoms with Crippen LogP contribution in [0.4, 0.5) is 0 Å². The maximum Gasteiger partial charge on any atom is 0.130 e. The third-order valence-corrected chi connectivity index (χ3v) is 3.32. The van der Waals surface area contributed by atoms with Crippen molar-refractivity contribution in [2.24, 2.45) is 5.73 Å². The predicted octanol–water partition coefficient (Wildman–Crippen LogP) is 2.97. The van der Waals surface area contributed by atoms with Crippen molar-refractivity contribution in [1.29, 1.82) is 0 Å². The summed E-state index contributed by atoms with van der Waals surface area (Å²) in [6.07, 6.45) is 0. The summed E-state index contributed by atoms with van der Waals surface area (Å²) in [5.74, 6) is 0.271. The summed E-state index contributed by atoms with van der Waals surface area (Å²) in [6.45, 7) is 7.85. The predicted molar refractivity (Wildman–Crippen MR) is 62.5 cm³/mol. The van der Waals surface area contributed by atoms with Gasteiger partial charge in [-0.25, -0.2) is 0 Å². The van der Waals surface area contributed by atoms with Gasteiger partial charge in [-0.05, 0) is 66.4 Å². The average Bonchev–Trinajstić information content (AvgIpc) is 1.97. The first-order valence-corrected chi connectivity index (χ1v) is 5.32. The molecule has 3 heteroatoms. The Balaban J connectivity index is 3.53. The Labute approximate surface area is 93.3 Å². The summed E-state index contributed by atoms with van der Waals surface area (Å²) >= 11 is 3.35. The van der Waals surface area contributed by atoms with Gasteiger partial charge in [0, 0.05) is 5.54 Å². The van der Waals surface area contributed by atoms with Crippen LogP contribution in [0, 0.1) is 13.8 Å². The van der Waals surface area contributed by atoms with Gasteiger partial charge < -0.3 is 10.8 Å². The second-order valence-electron chi connectivity index (χ2n) is 4.25. The summed E-state index contributed by atoms with van der Waals surface area (Å²) in [4.78, 5) is 0. The lowest BCUT2D eigenvalue weighted by molar-refractivity contribution is 0.468. The lowest BCUT2D eigenvalue weighted by atomic mass is 9.87. The third kappa shape index (κ3) is 1.93. The van der Waals surface area contributed by atoms with Crippen molar-refractivity contribution in [2.45, 2.75) is 33.2 Å². The minimum Gasteiger partial charge on any atom is -0.507 e. The number of aromatic hydroxyl groups is 1. The first kappa shape index (κ1) is 11.5. The molecule has 1 rings (SSSR count). The monoisotopic (exact) mass is 257 g/mol. The number of halogens is 1. The summed E-state index contributed by atoms with van der Waals surface area (Å²) < 4.78 is 0.733. The van der Waals surface area contributed by atoms with E-state index in [1.54, 1.807) is 6.07 Å². The van der Waals surface area contributed by atoms with Gasteiger partial charge in [-0.2, -0.15) is 0 Å². The number of phenols is 1. The highest BCUT2D eigenvalue weighted by atomic mass is 79.9. The molecule has 1 aromatic carbocycles. The summed E-state index contributed by atoms with van der Waals surface area (Å²) in [5, 5.41) is 9.58. The number of benzene rings is 1. The van der Waals surface area contributed by atoms with Crippen LogP contribution in [-0.4, -0.2) is 5.11 Å².